The van der Waals surface area contributed by atoms with E-state index in [2.05, 4.69) is 16.0 Å². The molecular formula is C24H38N4O5. The van der Waals surface area contributed by atoms with Crippen LogP contribution in [-0.4, -0.2) is 80.2 Å². The molecule has 0 aliphatic carbocycles. The van der Waals surface area contributed by atoms with Gasteiger partial charge >= 0.3 is 0 Å². The molecule has 0 spiro atoms. The fraction of sp³-hybridized carbons (Fsp3) is 0.542. The molecule has 4 N–H and O–H groups in total. The van der Waals surface area contributed by atoms with E-state index in [1.165, 1.54) is 11.9 Å². The lowest BCUT2D eigenvalue weighted by atomic mass is 9.97. The van der Waals surface area contributed by atoms with Gasteiger partial charge in [-0.1, -0.05) is 50.6 Å². The third-order valence-electron chi connectivity index (χ3n) is 5.38. The summed E-state index contributed by atoms with van der Waals surface area (Å²) in [6.45, 7) is 6.91. The lowest BCUT2D eigenvalue weighted by Gasteiger charge is -2.32. The second kappa shape index (κ2) is 15.8. The van der Waals surface area contributed by atoms with E-state index in [0.29, 0.717) is 38.4 Å². The van der Waals surface area contributed by atoms with Gasteiger partial charge in [-0.2, -0.15) is 0 Å². The SMILES string of the molecule is CCNC(=O)C(CO)N(C)C(=O)C(NCCOc1ccccc1/C=C/CNC=O)C(C)CC. The quantitative estimate of drug-likeness (QED) is 0.213. The number of rotatable bonds is 16. The molecule has 3 atom stereocenters. The summed E-state index contributed by atoms with van der Waals surface area (Å²) in [6, 6.07) is 6.09. The molecular weight excluding hydrogens is 424 g/mol. The van der Waals surface area contributed by atoms with Crippen LogP contribution in [0.1, 0.15) is 32.8 Å². The van der Waals surface area contributed by atoms with Crippen LogP contribution in [0.5, 0.6) is 5.75 Å². The number of aliphatic hydroxyl groups is 1. The summed E-state index contributed by atoms with van der Waals surface area (Å²) >= 11 is 0. The molecule has 184 valence electrons. The van der Waals surface area contributed by atoms with Crippen molar-refractivity contribution < 1.29 is 24.2 Å². The van der Waals surface area contributed by atoms with Crippen molar-refractivity contribution in [3.63, 3.8) is 0 Å². The van der Waals surface area contributed by atoms with Gasteiger partial charge in [0.25, 0.3) is 0 Å². The van der Waals surface area contributed by atoms with Gasteiger partial charge in [-0.25, -0.2) is 0 Å². The molecule has 33 heavy (non-hydrogen) atoms. The highest BCUT2D eigenvalue weighted by molar-refractivity contribution is 5.89. The van der Waals surface area contributed by atoms with Crippen LogP contribution in [0.15, 0.2) is 30.3 Å². The smallest absolute Gasteiger partial charge is 0.245 e. The molecule has 0 aromatic heterocycles. The zero-order valence-corrected chi connectivity index (χ0v) is 20.0. The zero-order valence-electron chi connectivity index (χ0n) is 20.0. The number of hydrogen-bond donors (Lipinski definition) is 4. The Bertz CT molecular complexity index is 771. The predicted molar refractivity (Wildman–Crippen MR) is 129 cm³/mol. The number of amides is 3. The lowest BCUT2D eigenvalue weighted by molar-refractivity contribution is -0.142. The van der Waals surface area contributed by atoms with Crippen molar-refractivity contribution >= 4 is 24.3 Å². The first-order chi connectivity index (χ1) is 15.9. The number of likely N-dealkylation sites (N-methyl/N-ethyl adjacent to an activating group) is 2. The van der Waals surface area contributed by atoms with Gasteiger partial charge in [0.05, 0.1) is 12.6 Å². The molecule has 0 aliphatic heterocycles. The molecule has 1 aromatic carbocycles. The number of benzene rings is 1. The molecule has 0 saturated carbocycles. The van der Waals surface area contributed by atoms with Crippen molar-refractivity contribution in [3.8, 4) is 5.75 Å². The average Bonchev–Trinajstić information content (AvgIpc) is 2.82. The van der Waals surface area contributed by atoms with Crippen LogP contribution in [0.2, 0.25) is 0 Å². The molecule has 0 heterocycles. The Hall–Kier alpha value is -2.91. The van der Waals surface area contributed by atoms with Crippen LogP contribution in [-0.2, 0) is 14.4 Å². The highest BCUT2D eigenvalue weighted by Crippen LogP contribution is 2.19. The number of carbonyl (C=O) groups is 3. The van der Waals surface area contributed by atoms with E-state index in [4.69, 9.17) is 4.74 Å². The molecule has 0 saturated heterocycles. The molecule has 3 unspecified atom stereocenters. The highest BCUT2D eigenvalue weighted by atomic mass is 16.5. The van der Waals surface area contributed by atoms with E-state index < -0.39 is 18.7 Å². The maximum Gasteiger partial charge on any atom is 0.245 e. The van der Waals surface area contributed by atoms with Crippen molar-refractivity contribution in [1.82, 2.24) is 20.9 Å². The van der Waals surface area contributed by atoms with Gasteiger partial charge < -0.3 is 30.7 Å². The van der Waals surface area contributed by atoms with Crippen molar-refractivity contribution in [2.75, 3.05) is 39.9 Å². The minimum Gasteiger partial charge on any atom is -0.492 e. The monoisotopic (exact) mass is 462 g/mol. The van der Waals surface area contributed by atoms with E-state index in [1.807, 2.05) is 50.3 Å². The van der Waals surface area contributed by atoms with Gasteiger partial charge in [0.1, 0.15) is 18.4 Å². The van der Waals surface area contributed by atoms with Gasteiger partial charge in [0, 0.05) is 32.2 Å². The van der Waals surface area contributed by atoms with Gasteiger partial charge in [0.2, 0.25) is 18.2 Å². The van der Waals surface area contributed by atoms with Crippen LogP contribution in [0, 0.1) is 5.92 Å². The van der Waals surface area contributed by atoms with Crippen LogP contribution in [0.4, 0.5) is 0 Å². The van der Waals surface area contributed by atoms with Gasteiger partial charge in [0.15, 0.2) is 0 Å². The van der Waals surface area contributed by atoms with Crippen molar-refractivity contribution in [1.29, 1.82) is 0 Å². The molecule has 0 aliphatic rings. The summed E-state index contributed by atoms with van der Waals surface area (Å²) in [4.78, 5) is 37.0. The predicted octanol–water partition coefficient (Wildman–Crippen LogP) is 0.784. The average molecular weight is 463 g/mol. The van der Waals surface area contributed by atoms with E-state index in [0.717, 1.165) is 12.0 Å². The second-order valence-electron chi connectivity index (χ2n) is 7.67. The van der Waals surface area contributed by atoms with Crippen LogP contribution < -0.4 is 20.7 Å². The van der Waals surface area contributed by atoms with E-state index in [1.54, 1.807) is 6.92 Å². The normalized spacial score (nSPS) is 13.7. The van der Waals surface area contributed by atoms with E-state index in [9.17, 15) is 19.5 Å². The van der Waals surface area contributed by atoms with Crippen molar-refractivity contribution in [2.45, 2.75) is 39.3 Å². The summed E-state index contributed by atoms with van der Waals surface area (Å²) in [5.41, 5.74) is 0.882. The number of carbonyl (C=O) groups excluding carboxylic acids is 3. The van der Waals surface area contributed by atoms with Gasteiger partial charge in [-0.05, 0) is 18.9 Å². The maximum absolute atomic E-state index is 13.1. The Kier molecular flexibility index (Phi) is 13.5. The summed E-state index contributed by atoms with van der Waals surface area (Å²) in [7, 11) is 1.54. The fourth-order valence-electron chi connectivity index (χ4n) is 3.24. The molecule has 1 rings (SSSR count). The largest absolute Gasteiger partial charge is 0.492 e. The Balaban J connectivity index is 2.75. The summed E-state index contributed by atoms with van der Waals surface area (Å²) in [5, 5.41) is 18.1. The van der Waals surface area contributed by atoms with Crippen LogP contribution >= 0.6 is 0 Å². The van der Waals surface area contributed by atoms with Crippen LogP contribution in [0.25, 0.3) is 6.08 Å². The Morgan fingerprint density at radius 1 is 1.24 bits per heavy atom. The van der Waals surface area contributed by atoms with Crippen molar-refractivity contribution in [3.05, 3.63) is 35.9 Å². The maximum atomic E-state index is 13.1. The molecule has 3 amide bonds. The second-order valence-corrected chi connectivity index (χ2v) is 7.67. The third kappa shape index (κ3) is 9.23. The summed E-state index contributed by atoms with van der Waals surface area (Å²) in [5.74, 6) is 0.0894. The Morgan fingerprint density at radius 3 is 2.61 bits per heavy atom. The minimum absolute atomic E-state index is 0.0223. The van der Waals surface area contributed by atoms with Crippen molar-refractivity contribution in [2.24, 2.45) is 5.92 Å². The number of nitrogens with zero attached hydrogens (tertiary/aromatic N) is 1. The first kappa shape index (κ1) is 28.1. The number of nitrogens with one attached hydrogen (secondary N) is 3. The molecule has 0 radical (unpaired) electrons. The minimum atomic E-state index is -0.936. The highest BCUT2D eigenvalue weighted by Gasteiger charge is 2.32. The lowest BCUT2D eigenvalue weighted by Crippen LogP contribution is -2.56. The van der Waals surface area contributed by atoms with Crippen LogP contribution in [0.3, 0.4) is 0 Å². The number of aliphatic hydroxyl groups excluding tert-OH is 1. The molecule has 9 heteroatoms. The third-order valence-corrected chi connectivity index (χ3v) is 5.38. The molecule has 0 bridgehead atoms. The molecule has 9 nitrogen and oxygen atoms in total. The summed E-state index contributed by atoms with van der Waals surface area (Å²) in [6.07, 6.45) is 5.11. The zero-order chi connectivity index (χ0) is 24.6. The van der Waals surface area contributed by atoms with Gasteiger partial charge in [-0.3, -0.25) is 14.4 Å². The number of hydrogen-bond acceptors (Lipinski definition) is 6. The van der Waals surface area contributed by atoms with E-state index >= 15 is 0 Å². The Morgan fingerprint density at radius 2 is 1.97 bits per heavy atom. The first-order valence-corrected chi connectivity index (χ1v) is 11.3. The summed E-state index contributed by atoms with van der Waals surface area (Å²) < 4.78 is 5.90. The topological polar surface area (TPSA) is 120 Å². The molecule has 0 fully saturated rings. The van der Waals surface area contributed by atoms with Gasteiger partial charge in [-0.15, -0.1) is 0 Å². The standard InChI is InChI=1S/C24H38N4O5/c1-5-18(3)22(24(32)28(4)20(16-29)23(31)26-6-2)27-14-15-33-21-12-8-7-10-19(21)11-9-13-25-17-30/h7-12,17-18,20,22,27,29H,5-6,13-16H2,1-4H3,(H,25,30)(H,26,31)/b11-9+. The van der Waals surface area contributed by atoms with E-state index in [-0.39, 0.29) is 17.7 Å². The molecule has 1 aromatic rings. The Labute approximate surface area is 196 Å². The number of ether oxygens (including phenoxy) is 1. The number of para-hydroxylation sites is 1. The first-order valence-electron chi connectivity index (χ1n) is 11.3. The fourth-order valence-corrected chi connectivity index (χ4v) is 3.24.